The first-order valence-corrected chi connectivity index (χ1v) is 4.98. The predicted molar refractivity (Wildman–Crippen MR) is 53.4 cm³/mol. The second-order valence-electron chi connectivity index (χ2n) is 3.66. The summed E-state index contributed by atoms with van der Waals surface area (Å²) >= 11 is 0. The molecule has 0 aromatic rings. The van der Waals surface area contributed by atoms with E-state index in [9.17, 15) is 0 Å². The Bertz CT molecular complexity index is 93.8. The molecule has 74 valence electrons. The van der Waals surface area contributed by atoms with Gasteiger partial charge in [0.05, 0.1) is 0 Å². The Morgan fingerprint density at radius 2 is 1.92 bits per heavy atom. The van der Waals surface area contributed by atoms with Crippen LogP contribution in [0.1, 0.15) is 34.1 Å². The van der Waals surface area contributed by atoms with E-state index in [2.05, 4.69) is 26.1 Å². The fourth-order valence-corrected chi connectivity index (χ4v) is 1.02. The Balaban J connectivity index is 3.13. The summed E-state index contributed by atoms with van der Waals surface area (Å²) in [7, 11) is 0. The molecule has 0 bridgehead atoms. The molecule has 0 saturated carbocycles. The van der Waals surface area contributed by atoms with E-state index < -0.39 is 0 Å². The van der Waals surface area contributed by atoms with Crippen LogP contribution in [-0.2, 0) is 4.74 Å². The van der Waals surface area contributed by atoms with Crippen molar-refractivity contribution in [1.82, 2.24) is 5.32 Å². The summed E-state index contributed by atoms with van der Waals surface area (Å²) in [6.07, 6.45) is 1.21. The van der Waals surface area contributed by atoms with Crippen LogP contribution in [0.5, 0.6) is 0 Å². The Morgan fingerprint density at radius 1 is 1.25 bits per heavy atom. The van der Waals surface area contributed by atoms with Gasteiger partial charge in [0.2, 0.25) is 0 Å². The van der Waals surface area contributed by atoms with E-state index in [4.69, 9.17) is 4.74 Å². The summed E-state index contributed by atoms with van der Waals surface area (Å²) in [6, 6.07) is 0.601. The number of hydrogen-bond donors (Lipinski definition) is 1. The maximum Gasteiger partial charge on any atom is 0.0491 e. The number of nitrogens with one attached hydrogen (secondary N) is 1. The molecule has 1 N–H and O–H groups in total. The molecule has 0 aliphatic heterocycles. The minimum Gasteiger partial charge on any atom is -0.381 e. The van der Waals surface area contributed by atoms with Gasteiger partial charge < -0.3 is 10.1 Å². The van der Waals surface area contributed by atoms with Crippen molar-refractivity contribution in [2.75, 3.05) is 19.8 Å². The zero-order valence-corrected chi connectivity index (χ0v) is 8.89. The van der Waals surface area contributed by atoms with Crippen molar-refractivity contribution in [3.05, 3.63) is 0 Å². The van der Waals surface area contributed by atoms with Gasteiger partial charge in [0.15, 0.2) is 0 Å². The van der Waals surface area contributed by atoms with Crippen LogP contribution in [0.25, 0.3) is 0 Å². The molecular formula is C10H23NO. The molecule has 0 heterocycles. The summed E-state index contributed by atoms with van der Waals surface area (Å²) in [4.78, 5) is 0. The van der Waals surface area contributed by atoms with Crippen molar-refractivity contribution in [3.8, 4) is 0 Å². The molecule has 0 aromatic carbocycles. The first-order valence-electron chi connectivity index (χ1n) is 4.98. The number of rotatable bonds is 7. The summed E-state index contributed by atoms with van der Waals surface area (Å²) < 4.78 is 5.33. The predicted octanol–water partition coefficient (Wildman–Crippen LogP) is 2.05. The fourth-order valence-electron chi connectivity index (χ4n) is 1.02. The SMILES string of the molecule is CCOCC(C)CCNC(C)C. The average molecular weight is 173 g/mol. The quantitative estimate of drug-likeness (QED) is 0.636. The molecule has 2 nitrogen and oxygen atoms in total. The molecule has 0 rings (SSSR count). The first kappa shape index (κ1) is 11.9. The molecule has 0 aliphatic carbocycles. The Hall–Kier alpha value is -0.0800. The van der Waals surface area contributed by atoms with Gasteiger partial charge in [0, 0.05) is 19.3 Å². The normalized spacial score (nSPS) is 13.8. The monoisotopic (exact) mass is 173 g/mol. The van der Waals surface area contributed by atoms with Crippen LogP contribution < -0.4 is 5.32 Å². The van der Waals surface area contributed by atoms with Crippen molar-refractivity contribution in [1.29, 1.82) is 0 Å². The minimum atomic E-state index is 0.601. The maximum absolute atomic E-state index is 5.33. The minimum absolute atomic E-state index is 0.601. The Labute approximate surface area is 76.7 Å². The molecule has 0 fully saturated rings. The zero-order chi connectivity index (χ0) is 9.40. The maximum atomic E-state index is 5.33. The van der Waals surface area contributed by atoms with Crippen LogP contribution in [0.4, 0.5) is 0 Å². The molecule has 0 radical (unpaired) electrons. The van der Waals surface area contributed by atoms with E-state index in [0.29, 0.717) is 12.0 Å². The molecule has 0 spiro atoms. The third kappa shape index (κ3) is 8.02. The molecular weight excluding hydrogens is 150 g/mol. The van der Waals surface area contributed by atoms with Crippen LogP contribution in [0.3, 0.4) is 0 Å². The van der Waals surface area contributed by atoms with Crippen molar-refractivity contribution in [2.45, 2.75) is 40.2 Å². The van der Waals surface area contributed by atoms with E-state index >= 15 is 0 Å². The third-order valence-corrected chi connectivity index (χ3v) is 1.80. The van der Waals surface area contributed by atoms with Crippen LogP contribution in [0, 0.1) is 5.92 Å². The van der Waals surface area contributed by atoms with Gasteiger partial charge in [-0.3, -0.25) is 0 Å². The van der Waals surface area contributed by atoms with Gasteiger partial charge in [0.1, 0.15) is 0 Å². The lowest BCUT2D eigenvalue weighted by atomic mass is 10.1. The molecule has 1 atom stereocenters. The number of ether oxygens (including phenoxy) is 1. The summed E-state index contributed by atoms with van der Waals surface area (Å²) in [5, 5.41) is 3.40. The molecule has 2 heteroatoms. The lowest BCUT2D eigenvalue weighted by molar-refractivity contribution is 0.113. The second-order valence-corrected chi connectivity index (χ2v) is 3.66. The van der Waals surface area contributed by atoms with Gasteiger partial charge in [-0.25, -0.2) is 0 Å². The van der Waals surface area contributed by atoms with Crippen molar-refractivity contribution in [3.63, 3.8) is 0 Å². The number of hydrogen-bond acceptors (Lipinski definition) is 2. The molecule has 0 amide bonds. The smallest absolute Gasteiger partial charge is 0.0491 e. The van der Waals surface area contributed by atoms with Gasteiger partial charge in [0.25, 0.3) is 0 Å². The highest BCUT2D eigenvalue weighted by molar-refractivity contribution is 4.57. The van der Waals surface area contributed by atoms with Gasteiger partial charge in [-0.2, -0.15) is 0 Å². The third-order valence-electron chi connectivity index (χ3n) is 1.80. The van der Waals surface area contributed by atoms with Crippen molar-refractivity contribution >= 4 is 0 Å². The van der Waals surface area contributed by atoms with Crippen molar-refractivity contribution in [2.24, 2.45) is 5.92 Å². The molecule has 0 saturated heterocycles. The Kier molecular flexibility index (Phi) is 7.51. The van der Waals surface area contributed by atoms with E-state index in [1.54, 1.807) is 0 Å². The van der Waals surface area contributed by atoms with E-state index in [1.165, 1.54) is 6.42 Å². The van der Waals surface area contributed by atoms with Crippen LogP contribution >= 0.6 is 0 Å². The first-order chi connectivity index (χ1) is 5.66. The highest BCUT2D eigenvalue weighted by Gasteiger charge is 2.01. The highest BCUT2D eigenvalue weighted by atomic mass is 16.5. The summed E-state index contributed by atoms with van der Waals surface area (Å²) in [5.41, 5.74) is 0. The zero-order valence-electron chi connectivity index (χ0n) is 8.89. The van der Waals surface area contributed by atoms with E-state index in [0.717, 1.165) is 19.8 Å². The summed E-state index contributed by atoms with van der Waals surface area (Å²) in [6.45, 7) is 11.5. The fraction of sp³-hybridized carbons (Fsp3) is 1.00. The molecule has 0 aliphatic rings. The average Bonchev–Trinajstić information content (AvgIpc) is 2.00. The van der Waals surface area contributed by atoms with Gasteiger partial charge in [-0.05, 0) is 25.8 Å². The second kappa shape index (κ2) is 7.56. The van der Waals surface area contributed by atoms with Crippen LogP contribution in [0.2, 0.25) is 0 Å². The molecule has 1 unspecified atom stereocenters. The van der Waals surface area contributed by atoms with E-state index in [1.807, 2.05) is 6.92 Å². The van der Waals surface area contributed by atoms with Crippen molar-refractivity contribution < 1.29 is 4.74 Å². The van der Waals surface area contributed by atoms with Crippen LogP contribution in [0.15, 0.2) is 0 Å². The van der Waals surface area contributed by atoms with Gasteiger partial charge in [-0.15, -0.1) is 0 Å². The van der Waals surface area contributed by atoms with Gasteiger partial charge in [-0.1, -0.05) is 20.8 Å². The molecule has 0 aromatic heterocycles. The van der Waals surface area contributed by atoms with Gasteiger partial charge >= 0.3 is 0 Å². The lowest BCUT2D eigenvalue weighted by Crippen LogP contribution is -2.25. The topological polar surface area (TPSA) is 21.3 Å². The standard InChI is InChI=1S/C10H23NO/c1-5-12-8-10(4)6-7-11-9(2)3/h9-11H,5-8H2,1-4H3. The summed E-state index contributed by atoms with van der Waals surface area (Å²) in [5.74, 6) is 0.677. The largest absolute Gasteiger partial charge is 0.381 e. The van der Waals surface area contributed by atoms with E-state index in [-0.39, 0.29) is 0 Å². The Morgan fingerprint density at radius 3 is 2.42 bits per heavy atom. The highest BCUT2D eigenvalue weighted by Crippen LogP contribution is 2.00. The van der Waals surface area contributed by atoms with Crippen LogP contribution in [-0.4, -0.2) is 25.8 Å². The lowest BCUT2D eigenvalue weighted by Gasteiger charge is -2.13. The molecule has 12 heavy (non-hydrogen) atoms.